The lowest BCUT2D eigenvalue weighted by molar-refractivity contribution is -0.127. The fourth-order valence-electron chi connectivity index (χ4n) is 2.04. The van der Waals surface area contributed by atoms with E-state index in [0.29, 0.717) is 0 Å². The molecule has 0 spiro atoms. The Balaban J connectivity index is 1.91. The predicted molar refractivity (Wildman–Crippen MR) is 66.9 cm³/mol. The average molecular weight is 233 g/mol. The van der Waals surface area contributed by atoms with Crippen LogP contribution in [-0.2, 0) is 4.79 Å². The number of carbonyl (C=O) groups is 1. The highest BCUT2D eigenvalue weighted by Crippen LogP contribution is 2.11. The van der Waals surface area contributed by atoms with Gasteiger partial charge in [0.05, 0.1) is 0 Å². The van der Waals surface area contributed by atoms with Crippen molar-refractivity contribution in [1.82, 2.24) is 10.4 Å². The Hall–Kier alpha value is -1.39. The van der Waals surface area contributed by atoms with Crippen molar-refractivity contribution in [3.05, 3.63) is 35.9 Å². The quantitative estimate of drug-likeness (QED) is 0.825. The molecule has 1 fully saturated rings. The highest BCUT2D eigenvalue weighted by atomic mass is 16.2. The number of hydrazine groups is 1. The monoisotopic (exact) mass is 233 g/mol. The van der Waals surface area contributed by atoms with E-state index < -0.39 is 6.04 Å². The molecule has 2 rings (SSSR count). The lowest BCUT2D eigenvalue weighted by Gasteiger charge is -2.28. The van der Waals surface area contributed by atoms with Crippen molar-refractivity contribution >= 4 is 5.91 Å². The molecule has 1 atom stereocenters. The Morgan fingerprint density at radius 1 is 1.18 bits per heavy atom. The summed E-state index contributed by atoms with van der Waals surface area (Å²) in [5, 5.41) is 1.97. The van der Waals surface area contributed by atoms with Gasteiger partial charge in [0.15, 0.2) is 0 Å². The molecule has 1 saturated heterocycles. The summed E-state index contributed by atoms with van der Waals surface area (Å²) in [5.74, 6) is -0.127. The van der Waals surface area contributed by atoms with Gasteiger partial charge in [-0.05, 0) is 18.4 Å². The molecule has 3 N–H and O–H groups in total. The number of hydrogen-bond donors (Lipinski definition) is 2. The normalized spacial score (nSPS) is 18.6. The molecule has 0 unspecified atom stereocenters. The third-order valence-electron chi connectivity index (χ3n) is 3.07. The number of benzene rings is 1. The van der Waals surface area contributed by atoms with Gasteiger partial charge in [-0.15, -0.1) is 0 Å². The van der Waals surface area contributed by atoms with Crippen molar-refractivity contribution in [2.75, 3.05) is 13.1 Å². The molecular weight excluding hydrogens is 214 g/mol. The zero-order valence-corrected chi connectivity index (χ0v) is 9.93. The van der Waals surface area contributed by atoms with Crippen LogP contribution in [0, 0.1) is 0 Å². The van der Waals surface area contributed by atoms with Gasteiger partial charge in [0.2, 0.25) is 0 Å². The van der Waals surface area contributed by atoms with Crippen molar-refractivity contribution in [2.45, 2.75) is 25.3 Å². The molecule has 4 nitrogen and oxygen atoms in total. The summed E-state index contributed by atoms with van der Waals surface area (Å²) < 4.78 is 0. The molecule has 0 saturated carbocycles. The summed E-state index contributed by atoms with van der Waals surface area (Å²) >= 11 is 0. The van der Waals surface area contributed by atoms with Crippen LogP contribution < -0.4 is 11.2 Å². The number of hydrogen-bond acceptors (Lipinski definition) is 3. The van der Waals surface area contributed by atoms with E-state index in [4.69, 9.17) is 5.73 Å². The van der Waals surface area contributed by atoms with E-state index in [1.807, 2.05) is 35.3 Å². The number of nitrogens with zero attached hydrogens (tertiary/aromatic N) is 1. The van der Waals surface area contributed by atoms with Crippen molar-refractivity contribution in [3.8, 4) is 0 Å². The molecule has 1 heterocycles. The van der Waals surface area contributed by atoms with Gasteiger partial charge in [0, 0.05) is 13.1 Å². The fourth-order valence-corrected chi connectivity index (χ4v) is 2.04. The lowest BCUT2D eigenvalue weighted by atomic mass is 10.1. The number of amides is 1. The number of rotatable bonds is 3. The lowest BCUT2D eigenvalue weighted by Crippen LogP contribution is -2.48. The Morgan fingerprint density at radius 2 is 1.82 bits per heavy atom. The molecule has 0 radical (unpaired) electrons. The van der Waals surface area contributed by atoms with Crippen LogP contribution >= 0.6 is 0 Å². The first-order valence-electron chi connectivity index (χ1n) is 6.13. The van der Waals surface area contributed by atoms with Gasteiger partial charge in [0.1, 0.15) is 6.04 Å². The Kier molecular flexibility index (Phi) is 4.12. The number of nitrogens with two attached hydrogens (primary N) is 1. The molecule has 1 amide bonds. The second-order valence-electron chi connectivity index (χ2n) is 4.41. The minimum atomic E-state index is -0.585. The molecule has 17 heavy (non-hydrogen) atoms. The third kappa shape index (κ3) is 3.28. The topological polar surface area (TPSA) is 58.4 Å². The highest BCUT2D eigenvalue weighted by Gasteiger charge is 2.19. The standard InChI is InChI=1S/C13H19N3O/c14-12(11-7-3-1-4-8-11)13(17)15-16-9-5-2-6-10-16/h1,3-4,7-8,12H,2,5-6,9-10,14H2,(H,15,17)/t12-/m0/s1. The van der Waals surface area contributed by atoms with E-state index in [9.17, 15) is 4.79 Å². The van der Waals surface area contributed by atoms with Gasteiger partial charge in [-0.2, -0.15) is 0 Å². The van der Waals surface area contributed by atoms with Gasteiger partial charge in [-0.3, -0.25) is 10.2 Å². The first-order chi connectivity index (χ1) is 8.27. The van der Waals surface area contributed by atoms with E-state index in [1.54, 1.807) is 0 Å². The van der Waals surface area contributed by atoms with Crippen LogP contribution in [-0.4, -0.2) is 24.0 Å². The molecular formula is C13H19N3O. The van der Waals surface area contributed by atoms with Gasteiger partial charge in [-0.25, -0.2) is 5.01 Å². The molecule has 0 aromatic heterocycles. The van der Waals surface area contributed by atoms with Gasteiger partial charge in [0.25, 0.3) is 5.91 Å². The van der Waals surface area contributed by atoms with Crippen LogP contribution in [0.25, 0.3) is 0 Å². The van der Waals surface area contributed by atoms with E-state index in [0.717, 1.165) is 31.5 Å². The van der Waals surface area contributed by atoms with Gasteiger partial charge >= 0.3 is 0 Å². The SMILES string of the molecule is N[C@H](C(=O)NN1CCCCC1)c1ccccc1. The summed E-state index contributed by atoms with van der Waals surface area (Å²) in [5.41, 5.74) is 9.65. The van der Waals surface area contributed by atoms with E-state index in [2.05, 4.69) is 5.43 Å². The zero-order chi connectivity index (χ0) is 12.1. The van der Waals surface area contributed by atoms with Crippen molar-refractivity contribution < 1.29 is 4.79 Å². The van der Waals surface area contributed by atoms with Crippen molar-refractivity contribution in [3.63, 3.8) is 0 Å². The second-order valence-corrected chi connectivity index (χ2v) is 4.41. The van der Waals surface area contributed by atoms with E-state index >= 15 is 0 Å². The number of carbonyl (C=O) groups excluding carboxylic acids is 1. The minimum absolute atomic E-state index is 0.127. The summed E-state index contributed by atoms with van der Waals surface area (Å²) in [4.78, 5) is 11.9. The number of piperidine rings is 1. The molecule has 1 aromatic carbocycles. The maximum Gasteiger partial charge on any atom is 0.255 e. The van der Waals surface area contributed by atoms with Crippen molar-refractivity contribution in [1.29, 1.82) is 0 Å². The first-order valence-corrected chi connectivity index (χ1v) is 6.13. The molecule has 92 valence electrons. The molecule has 0 bridgehead atoms. The van der Waals surface area contributed by atoms with Crippen LogP contribution in [0.15, 0.2) is 30.3 Å². The Morgan fingerprint density at radius 3 is 2.47 bits per heavy atom. The van der Waals surface area contributed by atoms with Crippen LogP contribution in [0.4, 0.5) is 0 Å². The summed E-state index contributed by atoms with van der Waals surface area (Å²) in [6.07, 6.45) is 3.53. The summed E-state index contributed by atoms with van der Waals surface area (Å²) in [7, 11) is 0. The Labute approximate surface area is 102 Å². The third-order valence-corrected chi connectivity index (χ3v) is 3.07. The zero-order valence-electron chi connectivity index (χ0n) is 9.93. The smallest absolute Gasteiger partial charge is 0.255 e. The minimum Gasteiger partial charge on any atom is -0.316 e. The second kappa shape index (κ2) is 5.80. The van der Waals surface area contributed by atoms with E-state index in [1.165, 1.54) is 6.42 Å². The summed E-state index contributed by atoms with van der Waals surface area (Å²) in [6.45, 7) is 1.85. The maximum absolute atomic E-state index is 11.9. The van der Waals surface area contributed by atoms with Gasteiger partial charge < -0.3 is 5.73 Å². The highest BCUT2D eigenvalue weighted by molar-refractivity contribution is 5.82. The molecule has 4 heteroatoms. The summed E-state index contributed by atoms with van der Waals surface area (Å²) in [6, 6.07) is 8.87. The fraction of sp³-hybridized carbons (Fsp3) is 0.462. The Bertz CT molecular complexity index is 360. The maximum atomic E-state index is 11.9. The molecule has 1 aliphatic rings. The molecule has 1 aromatic rings. The van der Waals surface area contributed by atoms with Crippen LogP contribution in [0.1, 0.15) is 30.9 Å². The first kappa shape index (κ1) is 12.1. The number of nitrogens with one attached hydrogen (secondary N) is 1. The van der Waals surface area contributed by atoms with Crippen LogP contribution in [0.5, 0.6) is 0 Å². The van der Waals surface area contributed by atoms with Gasteiger partial charge in [-0.1, -0.05) is 36.8 Å². The largest absolute Gasteiger partial charge is 0.316 e. The van der Waals surface area contributed by atoms with Crippen molar-refractivity contribution in [2.24, 2.45) is 5.73 Å². The molecule has 1 aliphatic heterocycles. The van der Waals surface area contributed by atoms with Crippen LogP contribution in [0.2, 0.25) is 0 Å². The van der Waals surface area contributed by atoms with Crippen LogP contribution in [0.3, 0.4) is 0 Å². The molecule has 0 aliphatic carbocycles. The van der Waals surface area contributed by atoms with E-state index in [-0.39, 0.29) is 5.91 Å². The predicted octanol–water partition coefficient (Wildman–Crippen LogP) is 1.20. The average Bonchev–Trinajstić information content (AvgIpc) is 2.40.